The fourth-order valence-corrected chi connectivity index (χ4v) is 3.62. The zero-order valence-electron chi connectivity index (χ0n) is 18.3. The number of nitrogens with zero attached hydrogens (tertiary/aromatic N) is 5. The van der Waals surface area contributed by atoms with Crippen LogP contribution in [-0.2, 0) is 24.1 Å². The van der Waals surface area contributed by atoms with E-state index in [1.54, 1.807) is 42.9 Å². The highest BCUT2D eigenvalue weighted by molar-refractivity contribution is 6.31. The van der Waals surface area contributed by atoms with Gasteiger partial charge < -0.3 is 5.32 Å². The van der Waals surface area contributed by atoms with Gasteiger partial charge in [-0.15, -0.1) is 0 Å². The van der Waals surface area contributed by atoms with Gasteiger partial charge in [0.2, 0.25) is 5.91 Å². The van der Waals surface area contributed by atoms with Gasteiger partial charge in [-0.3, -0.25) is 24.4 Å². The lowest BCUT2D eigenvalue weighted by Crippen LogP contribution is -2.24. The van der Waals surface area contributed by atoms with Crippen molar-refractivity contribution in [2.75, 3.05) is 0 Å². The van der Waals surface area contributed by atoms with E-state index in [1.807, 2.05) is 0 Å². The van der Waals surface area contributed by atoms with E-state index in [0.717, 1.165) is 4.68 Å². The molecule has 4 rings (SSSR count). The van der Waals surface area contributed by atoms with E-state index in [-0.39, 0.29) is 36.7 Å². The Morgan fingerprint density at radius 2 is 2.06 bits per heavy atom. The Bertz CT molecular complexity index is 1410. The molecule has 1 amide bonds. The first-order valence-corrected chi connectivity index (χ1v) is 10.8. The zero-order valence-corrected chi connectivity index (χ0v) is 19.1. The normalized spacial score (nSPS) is 11.6. The van der Waals surface area contributed by atoms with Crippen molar-refractivity contribution in [3.63, 3.8) is 0 Å². The van der Waals surface area contributed by atoms with E-state index in [0.29, 0.717) is 22.5 Å². The number of aromatic nitrogens is 6. The third kappa shape index (κ3) is 5.27. The maximum absolute atomic E-state index is 12.9. The van der Waals surface area contributed by atoms with Gasteiger partial charge in [0.15, 0.2) is 11.5 Å². The fraction of sp³-hybridized carbons (Fsp3) is 0.227. The minimum Gasteiger partial charge on any atom is -0.352 e. The van der Waals surface area contributed by atoms with Crippen LogP contribution in [0.3, 0.4) is 0 Å². The molecule has 182 valence electrons. The number of amides is 1. The van der Waals surface area contributed by atoms with Crippen LogP contribution in [0.25, 0.3) is 16.9 Å². The summed E-state index contributed by atoms with van der Waals surface area (Å²) in [5, 5.41) is 8.57. The molecule has 0 saturated heterocycles. The molecule has 4 aromatic heterocycles. The lowest BCUT2D eigenvalue weighted by Gasteiger charge is -2.08. The highest BCUT2D eigenvalue weighted by atomic mass is 35.5. The molecule has 0 fully saturated rings. The van der Waals surface area contributed by atoms with Crippen LogP contribution < -0.4 is 10.9 Å². The van der Waals surface area contributed by atoms with Gasteiger partial charge >= 0.3 is 6.18 Å². The van der Waals surface area contributed by atoms with E-state index in [4.69, 9.17) is 11.6 Å². The Balaban J connectivity index is 1.39. The van der Waals surface area contributed by atoms with Crippen LogP contribution in [0.2, 0.25) is 5.02 Å². The number of nitrogens with one attached hydrogen (secondary N) is 2. The van der Waals surface area contributed by atoms with E-state index in [2.05, 4.69) is 25.5 Å². The second-order valence-electron chi connectivity index (χ2n) is 7.59. The Hall–Kier alpha value is -3.93. The molecule has 0 aliphatic heterocycles. The minimum absolute atomic E-state index is 0.0654. The molecular weight excluding hydrogens is 487 g/mol. The smallest absolute Gasteiger partial charge is 0.352 e. The van der Waals surface area contributed by atoms with Crippen molar-refractivity contribution in [1.82, 2.24) is 34.8 Å². The summed E-state index contributed by atoms with van der Waals surface area (Å²) in [6, 6.07) is 6.81. The maximum Gasteiger partial charge on any atom is 0.436 e. The van der Waals surface area contributed by atoms with Crippen molar-refractivity contribution in [1.29, 1.82) is 0 Å². The molecule has 13 heteroatoms. The highest BCUT2D eigenvalue weighted by Gasteiger charge is 2.38. The number of H-pyrrole nitrogens is 1. The van der Waals surface area contributed by atoms with Crippen molar-refractivity contribution >= 4 is 17.5 Å². The van der Waals surface area contributed by atoms with Crippen LogP contribution in [0.5, 0.6) is 0 Å². The quantitative estimate of drug-likeness (QED) is 0.399. The average molecular weight is 506 g/mol. The van der Waals surface area contributed by atoms with Gasteiger partial charge in [-0.05, 0) is 30.7 Å². The Kier molecular flexibility index (Phi) is 6.74. The molecule has 9 nitrogen and oxygen atoms in total. The van der Waals surface area contributed by atoms with Gasteiger partial charge in [0, 0.05) is 43.3 Å². The molecule has 0 saturated carbocycles. The third-order valence-electron chi connectivity index (χ3n) is 5.23. The molecule has 0 atom stereocenters. The summed E-state index contributed by atoms with van der Waals surface area (Å²) in [7, 11) is 0. The number of hydrogen-bond acceptors (Lipinski definition) is 5. The van der Waals surface area contributed by atoms with E-state index in [9.17, 15) is 22.8 Å². The predicted molar refractivity (Wildman–Crippen MR) is 121 cm³/mol. The molecule has 35 heavy (non-hydrogen) atoms. The van der Waals surface area contributed by atoms with Crippen LogP contribution in [0, 0.1) is 6.92 Å². The molecule has 4 aromatic rings. The lowest BCUT2D eigenvalue weighted by molar-refractivity contribution is -0.141. The minimum atomic E-state index is -4.67. The Labute approximate surface area is 201 Å². The van der Waals surface area contributed by atoms with Crippen molar-refractivity contribution in [2.45, 2.75) is 32.6 Å². The van der Waals surface area contributed by atoms with Crippen molar-refractivity contribution in [3.8, 4) is 16.9 Å². The first-order valence-electron chi connectivity index (χ1n) is 10.4. The molecule has 0 aliphatic carbocycles. The van der Waals surface area contributed by atoms with Gasteiger partial charge in [0.25, 0.3) is 5.56 Å². The number of aromatic amines is 1. The maximum atomic E-state index is 12.9. The van der Waals surface area contributed by atoms with Gasteiger partial charge in [0.05, 0.1) is 22.8 Å². The number of rotatable bonds is 7. The Morgan fingerprint density at radius 3 is 2.74 bits per heavy atom. The van der Waals surface area contributed by atoms with Crippen LogP contribution in [0.4, 0.5) is 13.2 Å². The molecule has 0 unspecified atom stereocenters. The highest BCUT2D eigenvalue weighted by Crippen LogP contribution is 2.35. The molecule has 0 spiro atoms. The molecule has 0 bridgehead atoms. The number of carbonyl (C=O) groups is 1. The van der Waals surface area contributed by atoms with Crippen molar-refractivity contribution in [2.24, 2.45) is 0 Å². The standard InChI is InChI=1S/C22H19ClF3N7O2/c1-13-19(23)20(22(24,25)26)31-32(13)8-5-18(34)29-10-14-4-7-28-17(9-14)33-21(35)16(12-30-33)15-3-2-6-27-11-15/h2-4,6-7,9,11-12,30H,5,8,10H2,1H3,(H,29,34). The van der Waals surface area contributed by atoms with Crippen LogP contribution >= 0.6 is 11.6 Å². The van der Waals surface area contributed by atoms with Crippen molar-refractivity contribution < 1.29 is 18.0 Å². The van der Waals surface area contributed by atoms with Crippen LogP contribution in [-0.4, -0.2) is 35.4 Å². The average Bonchev–Trinajstić information content (AvgIpc) is 3.36. The number of pyridine rings is 2. The molecule has 0 aliphatic rings. The number of carbonyl (C=O) groups excluding carboxylic acids is 1. The monoisotopic (exact) mass is 505 g/mol. The third-order valence-corrected chi connectivity index (χ3v) is 5.68. The summed E-state index contributed by atoms with van der Waals surface area (Å²) in [4.78, 5) is 33.3. The summed E-state index contributed by atoms with van der Waals surface area (Å²) in [6.45, 7) is 1.47. The first-order chi connectivity index (χ1) is 16.6. The molecule has 4 heterocycles. The van der Waals surface area contributed by atoms with Crippen LogP contribution in [0.15, 0.2) is 53.8 Å². The van der Waals surface area contributed by atoms with E-state index < -0.39 is 16.9 Å². The number of alkyl halides is 3. The van der Waals surface area contributed by atoms with Gasteiger partial charge in [-0.1, -0.05) is 17.7 Å². The van der Waals surface area contributed by atoms with Gasteiger partial charge in [-0.25, -0.2) is 9.67 Å². The molecule has 2 N–H and O–H groups in total. The second kappa shape index (κ2) is 9.74. The molecular formula is C22H19ClF3N7O2. The second-order valence-corrected chi connectivity index (χ2v) is 7.97. The summed E-state index contributed by atoms with van der Waals surface area (Å²) in [6.07, 6.45) is 1.48. The van der Waals surface area contributed by atoms with E-state index in [1.165, 1.54) is 17.8 Å². The molecule has 0 aromatic carbocycles. The predicted octanol–water partition coefficient (Wildman–Crippen LogP) is 3.51. The number of aryl methyl sites for hydroxylation is 1. The van der Waals surface area contributed by atoms with Gasteiger partial charge in [0.1, 0.15) is 0 Å². The van der Waals surface area contributed by atoms with Crippen molar-refractivity contribution in [3.05, 3.63) is 81.4 Å². The molecule has 0 radical (unpaired) electrons. The fourth-order valence-electron chi connectivity index (χ4n) is 3.38. The SMILES string of the molecule is Cc1c(Cl)c(C(F)(F)F)nn1CCC(=O)NCc1ccnc(-n2[nH]cc(-c3cccnc3)c2=O)c1. The summed E-state index contributed by atoms with van der Waals surface area (Å²) < 4.78 is 41.2. The number of hydrogen-bond donors (Lipinski definition) is 2. The Morgan fingerprint density at radius 1 is 1.26 bits per heavy atom. The summed E-state index contributed by atoms with van der Waals surface area (Å²) >= 11 is 5.73. The topological polar surface area (TPSA) is 110 Å². The zero-order chi connectivity index (χ0) is 25.2. The van der Waals surface area contributed by atoms with Gasteiger partial charge in [-0.2, -0.15) is 18.3 Å². The lowest BCUT2D eigenvalue weighted by atomic mass is 10.2. The van der Waals surface area contributed by atoms with E-state index >= 15 is 0 Å². The first kappa shape index (κ1) is 24.2. The number of halogens is 4. The van der Waals surface area contributed by atoms with Crippen LogP contribution in [0.1, 0.15) is 23.4 Å². The summed E-state index contributed by atoms with van der Waals surface area (Å²) in [5.74, 6) is -0.0581. The summed E-state index contributed by atoms with van der Waals surface area (Å²) in [5.41, 5.74) is 0.414. The largest absolute Gasteiger partial charge is 0.436 e.